The molecule has 1 unspecified atom stereocenters. The minimum absolute atomic E-state index is 0.185. The lowest BCUT2D eigenvalue weighted by Gasteiger charge is -2.20. The number of unbranched alkanes of at least 4 members (excludes halogenated alkanes) is 33. The summed E-state index contributed by atoms with van der Waals surface area (Å²) in [5.41, 5.74) is 0. The molecule has 0 aromatic carbocycles. The quantitative estimate of drug-likeness (QED) is 0.0233. The SMILES string of the molecule is CCCCCCCCCCCCCCCCCCCC/C=C/CCCC(=O)OC[C@@H](COP(=O)(O)OC[C@H](O)CO)OC(=O)CCCCCCCCCCCCCCCCC. The molecule has 0 saturated carbocycles. The third-order valence-electron chi connectivity index (χ3n) is 11.4. The monoisotopic (exact) mass is 889 g/mol. The number of hydrogen-bond acceptors (Lipinski definition) is 9. The number of aliphatic hydroxyl groups excluding tert-OH is 2. The van der Waals surface area contributed by atoms with E-state index in [1.807, 2.05) is 0 Å². The first-order chi connectivity index (χ1) is 29.7. The Morgan fingerprint density at radius 3 is 1.23 bits per heavy atom. The zero-order valence-electron chi connectivity index (χ0n) is 39.7. The largest absolute Gasteiger partial charge is 0.472 e. The number of allylic oxidation sites excluding steroid dienone is 2. The van der Waals surface area contributed by atoms with Crippen LogP contribution in [-0.4, -0.2) is 65.7 Å². The fourth-order valence-corrected chi connectivity index (χ4v) is 8.26. The molecule has 0 fully saturated rings. The maximum atomic E-state index is 12.6. The van der Waals surface area contributed by atoms with Crippen molar-refractivity contribution in [2.75, 3.05) is 26.4 Å². The van der Waals surface area contributed by atoms with Crippen LogP contribution in [0, 0.1) is 0 Å². The maximum Gasteiger partial charge on any atom is 0.472 e. The molecule has 0 aliphatic carbocycles. The molecule has 0 bridgehead atoms. The molecule has 0 spiro atoms. The highest BCUT2D eigenvalue weighted by atomic mass is 31.2. The number of carbonyl (C=O) groups is 2. The van der Waals surface area contributed by atoms with Crippen molar-refractivity contribution in [1.82, 2.24) is 0 Å². The normalized spacial score (nSPS) is 13.7. The van der Waals surface area contributed by atoms with Gasteiger partial charge in [0, 0.05) is 12.8 Å². The molecule has 0 aromatic rings. The second kappa shape index (κ2) is 46.7. The molecule has 0 heterocycles. The van der Waals surface area contributed by atoms with Gasteiger partial charge in [-0.15, -0.1) is 0 Å². The highest BCUT2D eigenvalue weighted by molar-refractivity contribution is 7.47. The number of hydrogen-bond donors (Lipinski definition) is 3. The number of esters is 2. The van der Waals surface area contributed by atoms with Gasteiger partial charge in [0.05, 0.1) is 19.8 Å². The van der Waals surface area contributed by atoms with Crippen LogP contribution in [0.1, 0.15) is 258 Å². The van der Waals surface area contributed by atoms with Gasteiger partial charge in [-0.3, -0.25) is 18.6 Å². The molecule has 3 N–H and O–H groups in total. The first-order valence-electron chi connectivity index (χ1n) is 25.6. The molecule has 0 radical (unpaired) electrons. The Bertz CT molecular complexity index is 1020. The zero-order valence-corrected chi connectivity index (χ0v) is 40.5. The molecule has 0 aromatic heterocycles. The van der Waals surface area contributed by atoms with E-state index in [0.29, 0.717) is 12.8 Å². The number of carbonyl (C=O) groups excluding carboxylic acids is 2. The minimum atomic E-state index is -4.62. The standard InChI is InChI=1S/C50H97O10P/c1-3-5-7-9-11-13-15-17-19-20-21-22-23-24-25-26-28-29-31-33-35-37-39-41-49(53)57-45-48(46-59-61(55,56)58-44-47(52)43-51)60-50(54)42-40-38-36-34-32-30-27-18-16-14-12-10-8-6-4-2/h33,35,47-48,51-52H,3-32,34,36-46H2,1-2H3,(H,55,56)/b35-33+/t47-,48+/m1/s1. The van der Waals surface area contributed by atoms with Gasteiger partial charge < -0.3 is 24.6 Å². The fraction of sp³-hybridized carbons (Fsp3) is 0.920. The van der Waals surface area contributed by atoms with Crippen LogP contribution in [0.5, 0.6) is 0 Å². The average Bonchev–Trinajstić information content (AvgIpc) is 3.25. The molecule has 0 aliphatic rings. The van der Waals surface area contributed by atoms with E-state index in [4.69, 9.17) is 23.6 Å². The lowest BCUT2D eigenvalue weighted by atomic mass is 10.0. The van der Waals surface area contributed by atoms with E-state index in [2.05, 4.69) is 26.0 Å². The molecule has 11 heteroatoms. The molecular formula is C50H97O10P. The van der Waals surface area contributed by atoms with Crippen LogP contribution in [0.3, 0.4) is 0 Å². The smallest absolute Gasteiger partial charge is 0.462 e. The highest BCUT2D eigenvalue weighted by Gasteiger charge is 2.27. The fourth-order valence-electron chi connectivity index (χ4n) is 7.47. The summed E-state index contributed by atoms with van der Waals surface area (Å²) in [6.07, 6.45) is 47.7. The molecule has 0 amide bonds. The van der Waals surface area contributed by atoms with Crippen LogP contribution < -0.4 is 0 Å². The van der Waals surface area contributed by atoms with E-state index in [9.17, 15) is 24.2 Å². The van der Waals surface area contributed by atoms with Gasteiger partial charge in [-0.05, 0) is 32.1 Å². The lowest BCUT2D eigenvalue weighted by Crippen LogP contribution is -2.29. The summed E-state index contributed by atoms with van der Waals surface area (Å²) >= 11 is 0. The number of phosphoric ester groups is 1. The topological polar surface area (TPSA) is 149 Å². The number of ether oxygens (including phenoxy) is 2. The molecule has 0 aliphatic heterocycles. The Balaban J connectivity index is 4.14. The van der Waals surface area contributed by atoms with Crippen molar-refractivity contribution in [2.24, 2.45) is 0 Å². The lowest BCUT2D eigenvalue weighted by molar-refractivity contribution is -0.161. The van der Waals surface area contributed by atoms with Crippen molar-refractivity contribution in [1.29, 1.82) is 0 Å². The molecule has 362 valence electrons. The first kappa shape index (κ1) is 59.7. The van der Waals surface area contributed by atoms with Crippen molar-refractivity contribution in [3.8, 4) is 0 Å². The van der Waals surface area contributed by atoms with Crippen LogP contribution in [0.4, 0.5) is 0 Å². The van der Waals surface area contributed by atoms with Crippen LogP contribution in [-0.2, 0) is 32.7 Å². The molecule has 61 heavy (non-hydrogen) atoms. The zero-order chi connectivity index (χ0) is 44.8. The van der Waals surface area contributed by atoms with Crippen molar-refractivity contribution >= 4 is 19.8 Å². The van der Waals surface area contributed by atoms with E-state index >= 15 is 0 Å². The Labute approximate surface area is 375 Å². The predicted molar refractivity (Wildman–Crippen MR) is 252 cm³/mol. The van der Waals surface area contributed by atoms with Gasteiger partial charge in [0.15, 0.2) is 6.10 Å². The number of phosphoric acid groups is 1. The Hall–Kier alpha value is -1.29. The van der Waals surface area contributed by atoms with Crippen molar-refractivity contribution in [3.05, 3.63) is 12.2 Å². The third-order valence-corrected chi connectivity index (χ3v) is 12.4. The summed E-state index contributed by atoms with van der Waals surface area (Å²) in [5, 5.41) is 18.4. The Morgan fingerprint density at radius 2 is 0.820 bits per heavy atom. The minimum Gasteiger partial charge on any atom is -0.462 e. The van der Waals surface area contributed by atoms with Crippen molar-refractivity contribution < 1.29 is 47.8 Å². The van der Waals surface area contributed by atoms with Gasteiger partial charge in [-0.2, -0.15) is 0 Å². The second-order valence-electron chi connectivity index (χ2n) is 17.6. The Kier molecular flexibility index (Phi) is 45.7. The van der Waals surface area contributed by atoms with Gasteiger partial charge in [0.2, 0.25) is 0 Å². The van der Waals surface area contributed by atoms with Gasteiger partial charge in [0.25, 0.3) is 0 Å². The second-order valence-corrected chi connectivity index (χ2v) is 19.0. The van der Waals surface area contributed by atoms with Gasteiger partial charge in [0.1, 0.15) is 12.7 Å². The highest BCUT2D eigenvalue weighted by Crippen LogP contribution is 2.43. The van der Waals surface area contributed by atoms with Crippen molar-refractivity contribution in [3.63, 3.8) is 0 Å². The molecule has 10 nitrogen and oxygen atoms in total. The molecule has 0 saturated heterocycles. The first-order valence-corrected chi connectivity index (χ1v) is 27.1. The summed E-state index contributed by atoms with van der Waals surface area (Å²) in [6.45, 7) is 2.41. The van der Waals surface area contributed by atoms with E-state index in [0.717, 1.165) is 32.1 Å². The van der Waals surface area contributed by atoms with Gasteiger partial charge >= 0.3 is 19.8 Å². The van der Waals surface area contributed by atoms with Gasteiger partial charge in [-0.1, -0.05) is 225 Å². The van der Waals surface area contributed by atoms with Crippen molar-refractivity contribution in [2.45, 2.75) is 270 Å². The van der Waals surface area contributed by atoms with E-state index < -0.39 is 51.8 Å². The van der Waals surface area contributed by atoms with Crippen LogP contribution in [0.25, 0.3) is 0 Å². The average molecular weight is 889 g/mol. The Morgan fingerprint density at radius 1 is 0.475 bits per heavy atom. The van der Waals surface area contributed by atoms with Crippen LogP contribution in [0.2, 0.25) is 0 Å². The maximum absolute atomic E-state index is 12.6. The summed E-state index contributed by atoms with van der Waals surface area (Å²) in [7, 11) is -4.62. The predicted octanol–water partition coefficient (Wildman–Crippen LogP) is 14.3. The summed E-state index contributed by atoms with van der Waals surface area (Å²) in [4.78, 5) is 35.1. The summed E-state index contributed by atoms with van der Waals surface area (Å²) in [5.74, 6) is -0.946. The number of aliphatic hydroxyl groups is 2. The van der Waals surface area contributed by atoms with Crippen LogP contribution >= 0.6 is 7.82 Å². The number of rotatable bonds is 49. The van der Waals surface area contributed by atoms with Gasteiger partial charge in [-0.25, -0.2) is 4.57 Å². The van der Waals surface area contributed by atoms with E-state index in [1.54, 1.807) is 0 Å². The molecule has 0 rings (SSSR count). The van der Waals surface area contributed by atoms with E-state index in [1.165, 1.54) is 186 Å². The third kappa shape index (κ3) is 46.5. The summed E-state index contributed by atoms with van der Waals surface area (Å²) < 4.78 is 32.8. The molecular weight excluding hydrogens is 792 g/mol. The van der Waals surface area contributed by atoms with E-state index in [-0.39, 0.29) is 19.4 Å². The summed E-state index contributed by atoms with van der Waals surface area (Å²) in [6, 6.07) is 0. The molecule has 3 atom stereocenters. The van der Waals surface area contributed by atoms with Crippen LogP contribution in [0.15, 0.2) is 12.2 Å².